The highest BCUT2D eigenvalue weighted by molar-refractivity contribution is 6.32. The van der Waals surface area contributed by atoms with Crippen LogP contribution in [0.15, 0.2) is 60.7 Å². The molecule has 0 aromatic heterocycles. The summed E-state index contributed by atoms with van der Waals surface area (Å²) in [6.07, 6.45) is 3.73. The van der Waals surface area contributed by atoms with Crippen molar-refractivity contribution in [2.45, 2.75) is 24.9 Å². The van der Waals surface area contributed by atoms with Gasteiger partial charge in [0.05, 0.1) is 33.4 Å². The number of nitrogens with zero attached hydrogens (tertiary/aromatic N) is 1. The normalized spacial score (nSPS) is 22.0. The van der Waals surface area contributed by atoms with Crippen LogP contribution >= 0.6 is 11.6 Å². The molecule has 1 fully saturated rings. The molecule has 3 aromatic rings. The molecule has 0 amide bonds. The monoisotopic (exact) mass is 543 g/mol. The van der Waals surface area contributed by atoms with Crippen molar-refractivity contribution in [3.63, 3.8) is 0 Å². The van der Waals surface area contributed by atoms with Crippen molar-refractivity contribution in [3.8, 4) is 17.2 Å². The van der Waals surface area contributed by atoms with E-state index in [0.29, 0.717) is 39.0 Å². The molecule has 0 unspecified atom stereocenters. The number of hydrogen-bond donors (Lipinski definition) is 0. The zero-order chi connectivity index (χ0) is 27.6. The summed E-state index contributed by atoms with van der Waals surface area (Å²) >= 11 is 6.30. The zero-order valence-electron chi connectivity index (χ0n) is 21.9. The Labute approximate surface area is 230 Å². The fourth-order valence-corrected chi connectivity index (χ4v) is 6.94. The fraction of sp³-hybridized carbons (Fsp3) is 0.258. The van der Waals surface area contributed by atoms with E-state index in [9.17, 15) is 14.4 Å². The quantitative estimate of drug-likeness (QED) is 0.399. The zero-order valence-corrected chi connectivity index (χ0v) is 22.6. The number of carbonyl (C=O) groups is 3. The number of benzene rings is 3. The van der Waals surface area contributed by atoms with Crippen molar-refractivity contribution in [2.24, 2.45) is 5.41 Å². The van der Waals surface area contributed by atoms with Gasteiger partial charge in [0.2, 0.25) is 5.75 Å². The van der Waals surface area contributed by atoms with Crippen molar-refractivity contribution in [2.75, 3.05) is 26.2 Å². The molecule has 1 spiro atoms. The van der Waals surface area contributed by atoms with Crippen LogP contribution in [0.3, 0.4) is 0 Å². The van der Waals surface area contributed by atoms with Crippen LogP contribution in [0.25, 0.3) is 6.08 Å². The molecule has 1 aliphatic carbocycles. The SMILES string of the molecule is COc1cc([C@@H]2[C@@H](C(C)=O)N3c4ccc(Cl)cc4C=C[C@H]3C23C(=O)c2ccccc2C3=O)cc(OC)c1OC. The summed E-state index contributed by atoms with van der Waals surface area (Å²) in [6, 6.07) is 14.2. The number of Topliss-reactive ketones (excluding diaryl/α,β-unsaturated/α-hetero) is 3. The molecule has 2 aliphatic heterocycles. The minimum atomic E-state index is -1.60. The first-order valence-corrected chi connectivity index (χ1v) is 12.9. The van der Waals surface area contributed by atoms with Gasteiger partial charge >= 0.3 is 0 Å². The fourth-order valence-electron chi connectivity index (χ4n) is 6.75. The molecule has 0 N–H and O–H groups in total. The Hall–Kier alpha value is -4.10. The lowest BCUT2D eigenvalue weighted by Gasteiger charge is -2.37. The molecule has 7 nitrogen and oxygen atoms in total. The van der Waals surface area contributed by atoms with Gasteiger partial charge < -0.3 is 19.1 Å². The molecule has 198 valence electrons. The van der Waals surface area contributed by atoms with Gasteiger partial charge in [0.15, 0.2) is 28.8 Å². The summed E-state index contributed by atoms with van der Waals surface area (Å²) in [5.41, 5.74) is 1.23. The molecule has 39 heavy (non-hydrogen) atoms. The Kier molecular flexibility index (Phi) is 5.81. The van der Waals surface area contributed by atoms with Gasteiger partial charge in [0.1, 0.15) is 5.41 Å². The van der Waals surface area contributed by atoms with E-state index >= 15 is 0 Å². The van der Waals surface area contributed by atoms with E-state index in [0.717, 1.165) is 11.3 Å². The van der Waals surface area contributed by atoms with E-state index in [1.165, 1.54) is 28.3 Å². The third kappa shape index (κ3) is 3.26. The van der Waals surface area contributed by atoms with E-state index in [-0.39, 0.29) is 17.3 Å². The Morgan fingerprint density at radius 3 is 2.05 bits per heavy atom. The number of carbonyl (C=O) groups excluding carboxylic acids is 3. The van der Waals surface area contributed by atoms with Crippen LogP contribution in [-0.4, -0.2) is 50.8 Å². The van der Waals surface area contributed by atoms with Gasteiger partial charge in [-0.2, -0.15) is 0 Å². The third-order valence-corrected chi connectivity index (χ3v) is 8.46. The molecule has 0 bridgehead atoms. The van der Waals surface area contributed by atoms with E-state index < -0.39 is 23.4 Å². The number of halogens is 1. The molecule has 8 heteroatoms. The van der Waals surface area contributed by atoms with Gasteiger partial charge in [0.25, 0.3) is 0 Å². The lowest BCUT2D eigenvalue weighted by atomic mass is 9.64. The summed E-state index contributed by atoms with van der Waals surface area (Å²) in [5.74, 6) is -0.527. The molecule has 3 atom stereocenters. The second-order valence-corrected chi connectivity index (χ2v) is 10.4. The maximum atomic E-state index is 14.5. The number of hydrogen-bond acceptors (Lipinski definition) is 7. The van der Waals surface area contributed by atoms with Crippen LogP contribution in [-0.2, 0) is 4.79 Å². The number of ether oxygens (including phenoxy) is 3. The minimum Gasteiger partial charge on any atom is -0.493 e. The van der Waals surface area contributed by atoms with Gasteiger partial charge in [-0.25, -0.2) is 0 Å². The maximum Gasteiger partial charge on any atom is 0.203 e. The second-order valence-electron chi connectivity index (χ2n) is 9.98. The highest BCUT2D eigenvalue weighted by Crippen LogP contribution is 2.61. The van der Waals surface area contributed by atoms with Crippen LogP contribution in [0.5, 0.6) is 17.2 Å². The van der Waals surface area contributed by atoms with Crippen molar-refractivity contribution in [1.29, 1.82) is 0 Å². The Morgan fingerprint density at radius 1 is 0.897 bits per heavy atom. The lowest BCUT2D eigenvalue weighted by Crippen LogP contribution is -2.48. The average molecular weight is 544 g/mol. The standard InChI is InChI=1S/C31H26ClNO6/c1-16(34)27-26(18-14-23(37-2)28(39-4)24(15-18)38-3)31(29(35)20-7-5-6-8-21(20)30(31)36)25-12-9-17-13-19(32)10-11-22(17)33(25)27/h5-15,25-27H,1-4H3/t25-,26+,27+/m0/s1. The molecule has 2 heterocycles. The van der Waals surface area contributed by atoms with E-state index in [1.54, 1.807) is 42.5 Å². The van der Waals surface area contributed by atoms with Gasteiger partial charge in [-0.3, -0.25) is 14.4 Å². The Balaban J connectivity index is 1.69. The van der Waals surface area contributed by atoms with Crippen LogP contribution in [0.1, 0.15) is 44.7 Å². The van der Waals surface area contributed by atoms with Crippen LogP contribution < -0.4 is 19.1 Å². The topological polar surface area (TPSA) is 82.1 Å². The van der Waals surface area contributed by atoms with Gasteiger partial charge in [0, 0.05) is 27.8 Å². The molecule has 6 rings (SSSR count). The number of ketones is 3. The average Bonchev–Trinajstić information content (AvgIpc) is 3.38. The van der Waals surface area contributed by atoms with Crippen molar-refractivity contribution >= 4 is 40.7 Å². The summed E-state index contributed by atoms with van der Waals surface area (Å²) in [5, 5.41) is 0.548. The molecule has 3 aromatic carbocycles. The molecule has 1 saturated heterocycles. The van der Waals surface area contributed by atoms with Crippen LogP contribution in [0.2, 0.25) is 5.02 Å². The predicted octanol–water partition coefficient (Wildman–Crippen LogP) is 5.39. The van der Waals surface area contributed by atoms with Gasteiger partial charge in [-0.05, 0) is 48.4 Å². The van der Waals surface area contributed by atoms with E-state index in [1.807, 2.05) is 29.2 Å². The number of methoxy groups -OCH3 is 3. The number of anilines is 1. The smallest absolute Gasteiger partial charge is 0.203 e. The largest absolute Gasteiger partial charge is 0.493 e. The predicted molar refractivity (Wildman–Crippen MR) is 148 cm³/mol. The van der Waals surface area contributed by atoms with Crippen molar-refractivity contribution in [3.05, 3.63) is 87.9 Å². The van der Waals surface area contributed by atoms with Gasteiger partial charge in [-0.1, -0.05) is 48.0 Å². The highest BCUT2D eigenvalue weighted by atomic mass is 35.5. The van der Waals surface area contributed by atoms with Crippen molar-refractivity contribution < 1.29 is 28.6 Å². The first-order chi connectivity index (χ1) is 18.8. The minimum absolute atomic E-state index is 0.177. The number of rotatable bonds is 5. The van der Waals surface area contributed by atoms with Crippen molar-refractivity contribution in [1.82, 2.24) is 0 Å². The Bertz CT molecular complexity index is 1530. The maximum absolute atomic E-state index is 14.5. The summed E-state index contributed by atoms with van der Waals surface area (Å²) in [6.45, 7) is 1.50. The second kappa shape index (κ2) is 8.99. The third-order valence-electron chi connectivity index (χ3n) is 8.23. The van der Waals surface area contributed by atoms with Crippen LogP contribution in [0.4, 0.5) is 5.69 Å². The summed E-state index contributed by atoms with van der Waals surface area (Å²) in [4.78, 5) is 44.6. The Morgan fingerprint density at radius 2 is 1.51 bits per heavy atom. The lowest BCUT2D eigenvalue weighted by molar-refractivity contribution is -0.118. The van der Waals surface area contributed by atoms with E-state index in [2.05, 4.69) is 0 Å². The molecular weight excluding hydrogens is 518 g/mol. The first kappa shape index (κ1) is 25.2. The summed E-state index contributed by atoms with van der Waals surface area (Å²) in [7, 11) is 4.51. The van der Waals surface area contributed by atoms with E-state index in [4.69, 9.17) is 25.8 Å². The molecule has 3 aliphatic rings. The molecule has 0 radical (unpaired) electrons. The number of fused-ring (bicyclic) bond motifs is 5. The van der Waals surface area contributed by atoms with Gasteiger partial charge in [-0.15, -0.1) is 0 Å². The first-order valence-electron chi connectivity index (χ1n) is 12.5. The highest BCUT2D eigenvalue weighted by Gasteiger charge is 2.71. The molecular formula is C31H26ClNO6. The summed E-state index contributed by atoms with van der Waals surface area (Å²) < 4.78 is 16.8. The molecule has 0 saturated carbocycles. The van der Waals surface area contributed by atoms with Crippen LogP contribution in [0, 0.1) is 5.41 Å².